The fourth-order valence-electron chi connectivity index (χ4n) is 1.53. The van der Waals surface area contributed by atoms with Gasteiger partial charge in [0.2, 0.25) is 0 Å². The van der Waals surface area contributed by atoms with Gasteiger partial charge in [-0.1, -0.05) is 24.3 Å². The topological polar surface area (TPSA) is 50.2 Å². The first-order valence-corrected chi connectivity index (χ1v) is 6.05. The van der Waals surface area contributed by atoms with Crippen molar-refractivity contribution in [2.45, 2.75) is 5.75 Å². The molecule has 0 aliphatic heterocycles. The highest BCUT2D eigenvalue weighted by Crippen LogP contribution is 2.20. The van der Waals surface area contributed by atoms with E-state index in [0.717, 1.165) is 16.5 Å². The molecule has 2 aromatic rings. The van der Waals surface area contributed by atoms with Crippen LogP contribution in [-0.4, -0.2) is 21.8 Å². The van der Waals surface area contributed by atoms with E-state index < -0.39 is 5.97 Å². The molecule has 0 amide bonds. The van der Waals surface area contributed by atoms with E-state index in [0.29, 0.717) is 5.75 Å². The molecule has 0 aliphatic rings. The molecule has 1 aromatic heterocycles. The van der Waals surface area contributed by atoms with Gasteiger partial charge in [0.15, 0.2) is 0 Å². The Labute approximate surface area is 97.5 Å². The van der Waals surface area contributed by atoms with Crippen LogP contribution in [0.25, 0.3) is 10.8 Å². The number of hydrogen-bond acceptors (Lipinski definition) is 3. The lowest BCUT2D eigenvalue weighted by atomic mass is 10.1. The molecular formula is C12H11NO2S. The zero-order valence-corrected chi connectivity index (χ0v) is 9.41. The Balaban J connectivity index is 2.20. The Morgan fingerprint density at radius 2 is 2.12 bits per heavy atom. The largest absolute Gasteiger partial charge is 0.481 e. The van der Waals surface area contributed by atoms with Crippen LogP contribution in [0.1, 0.15) is 5.69 Å². The minimum atomic E-state index is -0.787. The fourth-order valence-corrected chi connectivity index (χ4v) is 2.23. The number of carbonyl (C=O) groups is 1. The van der Waals surface area contributed by atoms with E-state index in [1.165, 1.54) is 11.8 Å². The van der Waals surface area contributed by atoms with Crippen LogP contribution in [0.4, 0.5) is 0 Å². The van der Waals surface area contributed by atoms with Crippen LogP contribution in [0.2, 0.25) is 0 Å². The van der Waals surface area contributed by atoms with Gasteiger partial charge in [-0.2, -0.15) is 0 Å². The van der Waals surface area contributed by atoms with Gasteiger partial charge < -0.3 is 5.11 Å². The summed E-state index contributed by atoms with van der Waals surface area (Å²) in [5, 5.41) is 10.8. The van der Waals surface area contributed by atoms with Crippen LogP contribution in [0.3, 0.4) is 0 Å². The highest BCUT2D eigenvalue weighted by Gasteiger charge is 2.03. The van der Waals surface area contributed by atoms with Gasteiger partial charge in [0.1, 0.15) is 0 Å². The standard InChI is InChI=1S/C12H11NO2S/c14-12(15)8-16-7-11-10-4-2-1-3-9(10)5-6-13-11/h1-6H,7-8H2,(H,14,15). The van der Waals surface area contributed by atoms with Crippen LogP contribution in [0.5, 0.6) is 0 Å². The van der Waals surface area contributed by atoms with E-state index >= 15 is 0 Å². The summed E-state index contributed by atoms with van der Waals surface area (Å²) in [4.78, 5) is 14.7. The van der Waals surface area contributed by atoms with Crippen molar-refractivity contribution in [2.24, 2.45) is 0 Å². The molecule has 0 spiro atoms. The van der Waals surface area contributed by atoms with Gasteiger partial charge in [-0.3, -0.25) is 9.78 Å². The number of rotatable bonds is 4. The summed E-state index contributed by atoms with van der Waals surface area (Å²) in [7, 11) is 0. The molecule has 82 valence electrons. The van der Waals surface area contributed by atoms with Crippen molar-refractivity contribution in [1.29, 1.82) is 0 Å². The zero-order valence-electron chi connectivity index (χ0n) is 8.59. The van der Waals surface area contributed by atoms with Gasteiger partial charge >= 0.3 is 5.97 Å². The van der Waals surface area contributed by atoms with Crippen molar-refractivity contribution in [2.75, 3.05) is 5.75 Å². The summed E-state index contributed by atoms with van der Waals surface area (Å²) in [6, 6.07) is 9.95. The number of aliphatic carboxylic acids is 1. The number of aromatic nitrogens is 1. The average Bonchev–Trinajstić information content (AvgIpc) is 2.29. The lowest BCUT2D eigenvalue weighted by Gasteiger charge is -2.03. The maximum Gasteiger partial charge on any atom is 0.313 e. The van der Waals surface area contributed by atoms with Crippen molar-refractivity contribution in [1.82, 2.24) is 4.98 Å². The number of carboxylic acids is 1. The van der Waals surface area contributed by atoms with Crippen molar-refractivity contribution in [3.05, 3.63) is 42.2 Å². The Kier molecular flexibility index (Phi) is 3.41. The Bertz CT molecular complexity index is 508. The number of benzene rings is 1. The molecule has 0 saturated heterocycles. The van der Waals surface area contributed by atoms with Crippen LogP contribution >= 0.6 is 11.8 Å². The third-order valence-corrected chi connectivity index (χ3v) is 3.15. The molecule has 4 heteroatoms. The third-order valence-electron chi connectivity index (χ3n) is 2.22. The number of fused-ring (bicyclic) bond motifs is 1. The first kappa shape index (κ1) is 11.0. The van der Waals surface area contributed by atoms with Crippen molar-refractivity contribution < 1.29 is 9.90 Å². The highest BCUT2D eigenvalue weighted by molar-refractivity contribution is 7.99. The molecule has 0 bridgehead atoms. The molecule has 0 unspecified atom stereocenters. The molecule has 0 aliphatic carbocycles. The first-order valence-electron chi connectivity index (χ1n) is 4.89. The van der Waals surface area contributed by atoms with E-state index in [2.05, 4.69) is 4.98 Å². The first-order chi connectivity index (χ1) is 7.77. The van der Waals surface area contributed by atoms with Crippen molar-refractivity contribution >= 4 is 28.5 Å². The SMILES string of the molecule is O=C(O)CSCc1nccc2ccccc12. The number of carboxylic acid groups (broad SMARTS) is 1. The van der Waals surface area contributed by atoms with E-state index in [1.807, 2.05) is 30.3 Å². The normalized spacial score (nSPS) is 10.5. The van der Waals surface area contributed by atoms with Gasteiger partial charge in [-0.15, -0.1) is 11.8 Å². The summed E-state index contributed by atoms with van der Waals surface area (Å²) in [6.07, 6.45) is 1.76. The monoisotopic (exact) mass is 233 g/mol. The smallest absolute Gasteiger partial charge is 0.313 e. The molecule has 0 atom stereocenters. The average molecular weight is 233 g/mol. The molecule has 2 rings (SSSR count). The quantitative estimate of drug-likeness (QED) is 0.881. The van der Waals surface area contributed by atoms with Crippen molar-refractivity contribution in [3.8, 4) is 0 Å². The lowest BCUT2D eigenvalue weighted by Crippen LogP contribution is -1.99. The van der Waals surface area contributed by atoms with Gasteiger partial charge in [0.05, 0.1) is 11.4 Å². The summed E-state index contributed by atoms with van der Waals surface area (Å²) >= 11 is 1.37. The molecule has 1 aromatic carbocycles. The highest BCUT2D eigenvalue weighted by atomic mass is 32.2. The van der Waals surface area contributed by atoms with Crippen molar-refractivity contribution in [3.63, 3.8) is 0 Å². The summed E-state index contributed by atoms with van der Waals surface area (Å²) < 4.78 is 0. The van der Waals surface area contributed by atoms with Gasteiger partial charge in [-0.05, 0) is 11.5 Å². The number of thioether (sulfide) groups is 1. The van der Waals surface area contributed by atoms with Crippen LogP contribution in [-0.2, 0) is 10.5 Å². The van der Waals surface area contributed by atoms with Gasteiger partial charge in [0, 0.05) is 17.3 Å². The second-order valence-electron chi connectivity index (χ2n) is 3.37. The second kappa shape index (κ2) is 4.99. The van der Waals surface area contributed by atoms with Gasteiger partial charge in [-0.25, -0.2) is 0 Å². The number of hydrogen-bond donors (Lipinski definition) is 1. The maximum atomic E-state index is 10.4. The fraction of sp³-hybridized carbons (Fsp3) is 0.167. The predicted molar refractivity (Wildman–Crippen MR) is 65.5 cm³/mol. The minimum absolute atomic E-state index is 0.116. The van der Waals surface area contributed by atoms with Crippen LogP contribution < -0.4 is 0 Å². The maximum absolute atomic E-state index is 10.4. The molecule has 1 N–H and O–H groups in total. The molecule has 1 heterocycles. The molecule has 3 nitrogen and oxygen atoms in total. The van der Waals surface area contributed by atoms with Gasteiger partial charge in [0.25, 0.3) is 0 Å². The molecule has 16 heavy (non-hydrogen) atoms. The molecular weight excluding hydrogens is 222 g/mol. The predicted octanol–water partition coefficient (Wildman–Crippen LogP) is 2.55. The van der Waals surface area contributed by atoms with E-state index in [4.69, 9.17) is 5.11 Å². The Hall–Kier alpha value is -1.55. The lowest BCUT2D eigenvalue weighted by molar-refractivity contribution is -0.133. The minimum Gasteiger partial charge on any atom is -0.481 e. The third kappa shape index (κ3) is 2.52. The summed E-state index contributed by atoms with van der Waals surface area (Å²) in [5.41, 5.74) is 0.948. The second-order valence-corrected chi connectivity index (χ2v) is 4.35. The van der Waals surface area contributed by atoms with Crippen LogP contribution in [0, 0.1) is 0 Å². The molecule has 0 saturated carbocycles. The van der Waals surface area contributed by atoms with Crippen LogP contribution in [0.15, 0.2) is 36.5 Å². The van der Waals surface area contributed by atoms with E-state index in [1.54, 1.807) is 6.20 Å². The van der Waals surface area contributed by atoms with E-state index in [-0.39, 0.29) is 5.75 Å². The van der Waals surface area contributed by atoms with E-state index in [9.17, 15) is 4.79 Å². The summed E-state index contributed by atoms with van der Waals surface area (Å²) in [6.45, 7) is 0. The zero-order chi connectivity index (χ0) is 11.4. The Morgan fingerprint density at radius 3 is 2.94 bits per heavy atom. The Morgan fingerprint density at radius 1 is 1.31 bits per heavy atom. The molecule has 0 radical (unpaired) electrons. The number of pyridine rings is 1. The molecule has 0 fully saturated rings. The number of nitrogens with zero attached hydrogens (tertiary/aromatic N) is 1. The summed E-state index contributed by atoms with van der Waals surface area (Å²) in [5.74, 6) is -0.0383.